The molecule has 8 rings (SSSR count). The Kier molecular flexibility index (Phi) is 6.29. The highest BCUT2D eigenvalue weighted by molar-refractivity contribution is 6.06. The molecule has 0 aromatic carbocycles. The SMILES string of the molecule is CCc1c(-c2cc(Nc3cc4n(n3)CCN(C3CC3)C4)c(=O)n(C)c2)ccnc1N1CCn2c(cc3c2CCCC3)C1=O. The fourth-order valence-electron chi connectivity index (χ4n) is 7.36. The highest BCUT2D eigenvalue weighted by Crippen LogP contribution is 2.35. The van der Waals surface area contributed by atoms with Crippen molar-refractivity contribution in [3.63, 3.8) is 0 Å². The van der Waals surface area contributed by atoms with E-state index in [1.165, 1.54) is 42.6 Å². The van der Waals surface area contributed by atoms with E-state index in [1.807, 2.05) is 23.2 Å². The van der Waals surface area contributed by atoms with Gasteiger partial charge in [0, 0.05) is 74.5 Å². The Bertz CT molecular complexity index is 1810. The standard InChI is InChI=1S/C33H38N8O2/c1-3-25-26(10-11-34-31(25)40-14-13-39-28-7-5-4-6-21(28)17-29(39)33(40)43)22-16-27(32(42)37(2)19-22)35-30-18-24-20-38(23-8-9-23)12-15-41(24)36-30/h10-11,16-19,23H,3-9,12-15,20H2,1-2H3,(H,35,36). The van der Waals surface area contributed by atoms with E-state index in [4.69, 9.17) is 10.1 Å². The molecule has 0 bridgehead atoms. The van der Waals surface area contributed by atoms with E-state index in [0.29, 0.717) is 30.3 Å². The van der Waals surface area contributed by atoms with Gasteiger partial charge in [-0.2, -0.15) is 5.10 Å². The van der Waals surface area contributed by atoms with Gasteiger partial charge in [-0.15, -0.1) is 0 Å². The lowest BCUT2D eigenvalue weighted by molar-refractivity contribution is 0.0963. The van der Waals surface area contributed by atoms with Crippen molar-refractivity contribution in [1.82, 2.24) is 28.8 Å². The Morgan fingerprint density at radius 1 is 1.02 bits per heavy atom. The zero-order chi connectivity index (χ0) is 29.2. The first kappa shape index (κ1) is 26.4. The predicted molar refractivity (Wildman–Crippen MR) is 166 cm³/mol. The third kappa shape index (κ3) is 4.50. The van der Waals surface area contributed by atoms with Crippen molar-refractivity contribution in [3.8, 4) is 11.1 Å². The lowest BCUT2D eigenvalue weighted by Gasteiger charge is -2.31. The number of anilines is 3. The van der Waals surface area contributed by atoms with Gasteiger partial charge in [0.25, 0.3) is 11.5 Å². The van der Waals surface area contributed by atoms with Gasteiger partial charge in [0.05, 0.1) is 12.2 Å². The fraction of sp³-hybridized carbons (Fsp3) is 0.455. The molecule has 6 heterocycles. The summed E-state index contributed by atoms with van der Waals surface area (Å²) in [6, 6.07) is 8.80. The predicted octanol–water partition coefficient (Wildman–Crippen LogP) is 4.27. The van der Waals surface area contributed by atoms with E-state index >= 15 is 0 Å². The average Bonchev–Trinajstić information content (AvgIpc) is 3.69. The van der Waals surface area contributed by atoms with Gasteiger partial charge in [0.2, 0.25) is 0 Å². The van der Waals surface area contributed by atoms with Crippen LogP contribution >= 0.6 is 0 Å². The van der Waals surface area contributed by atoms with E-state index in [0.717, 1.165) is 67.4 Å². The number of carbonyl (C=O) groups excluding carboxylic acids is 1. The van der Waals surface area contributed by atoms with Gasteiger partial charge in [-0.1, -0.05) is 6.92 Å². The normalized spacial score (nSPS) is 18.4. The minimum absolute atomic E-state index is 0.0202. The molecule has 0 saturated heterocycles. The maximum Gasteiger partial charge on any atom is 0.276 e. The molecule has 10 nitrogen and oxygen atoms in total. The largest absolute Gasteiger partial charge is 0.339 e. The molecule has 0 unspecified atom stereocenters. The maximum atomic E-state index is 13.8. The minimum Gasteiger partial charge on any atom is -0.339 e. The first-order valence-electron chi connectivity index (χ1n) is 15.8. The molecule has 222 valence electrons. The Balaban J connectivity index is 1.11. The van der Waals surface area contributed by atoms with Crippen LogP contribution in [-0.2, 0) is 45.9 Å². The van der Waals surface area contributed by atoms with Crippen LogP contribution in [0, 0.1) is 0 Å². The molecular formula is C33H38N8O2. The summed E-state index contributed by atoms with van der Waals surface area (Å²) in [5.41, 5.74) is 7.88. The van der Waals surface area contributed by atoms with Crippen LogP contribution in [0.3, 0.4) is 0 Å². The number of aryl methyl sites for hydroxylation is 2. The van der Waals surface area contributed by atoms with Gasteiger partial charge in [0.15, 0.2) is 5.82 Å². The van der Waals surface area contributed by atoms with Gasteiger partial charge >= 0.3 is 0 Å². The number of hydrogen-bond acceptors (Lipinski definition) is 6. The van der Waals surface area contributed by atoms with E-state index in [1.54, 1.807) is 17.8 Å². The first-order valence-corrected chi connectivity index (χ1v) is 15.8. The summed E-state index contributed by atoms with van der Waals surface area (Å²) in [6.45, 7) is 6.27. The molecular weight excluding hydrogens is 540 g/mol. The molecule has 4 aromatic heterocycles. The van der Waals surface area contributed by atoms with Crippen LogP contribution in [0.1, 0.15) is 65.6 Å². The Hall–Kier alpha value is -4.18. The monoisotopic (exact) mass is 578 g/mol. The number of nitrogens with one attached hydrogen (secondary N) is 1. The molecule has 0 spiro atoms. The summed E-state index contributed by atoms with van der Waals surface area (Å²) in [5, 5.41) is 8.10. The molecule has 4 aliphatic rings. The van der Waals surface area contributed by atoms with Crippen molar-refractivity contribution in [2.45, 2.75) is 77.5 Å². The number of fused-ring (bicyclic) bond motifs is 4. The van der Waals surface area contributed by atoms with Gasteiger partial charge in [0.1, 0.15) is 17.2 Å². The van der Waals surface area contributed by atoms with Crippen molar-refractivity contribution < 1.29 is 4.79 Å². The Labute approximate surface area is 250 Å². The second-order valence-corrected chi connectivity index (χ2v) is 12.5. The quantitative estimate of drug-likeness (QED) is 0.368. The third-order valence-electron chi connectivity index (χ3n) is 9.71. The molecule has 10 heteroatoms. The number of hydrogen-bond donors (Lipinski definition) is 1. The number of amides is 1. The van der Waals surface area contributed by atoms with Crippen molar-refractivity contribution in [1.29, 1.82) is 0 Å². The number of nitrogens with zero attached hydrogens (tertiary/aromatic N) is 7. The molecule has 4 aromatic rings. The van der Waals surface area contributed by atoms with E-state index in [2.05, 4.69) is 38.5 Å². The first-order chi connectivity index (χ1) is 21.0. The number of aromatic nitrogens is 5. The molecule has 2 aliphatic heterocycles. The van der Waals surface area contributed by atoms with Crippen molar-refractivity contribution in [3.05, 3.63) is 75.2 Å². The second-order valence-electron chi connectivity index (χ2n) is 12.5. The molecule has 1 N–H and O–H groups in total. The summed E-state index contributed by atoms with van der Waals surface area (Å²) in [5.74, 6) is 1.42. The zero-order valence-corrected chi connectivity index (χ0v) is 25.0. The number of rotatable bonds is 6. The average molecular weight is 579 g/mol. The fourth-order valence-corrected chi connectivity index (χ4v) is 7.36. The van der Waals surface area contributed by atoms with Crippen LogP contribution in [0.25, 0.3) is 11.1 Å². The van der Waals surface area contributed by atoms with Crippen molar-refractivity contribution in [2.75, 3.05) is 23.3 Å². The molecule has 1 amide bonds. The minimum atomic E-state index is -0.113. The van der Waals surface area contributed by atoms with E-state index < -0.39 is 0 Å². The summed E-state index contributed by atoms with van der Waals surface area (Å²) < 4.78 is 5.92. The Morgan fingerprint density at radius 3 is 2.72 bits per heavy atom. The van der Waals surface area contributed by atoms with Crippen LogP contribution in [-0.4, -0.2) is 53.8 Å². The van der Waals surface area contributed by atoms with E-state index in [-0.39, 0.29) is 11.5 Å². The highest BCUT2D eigenvalue weighted by Gasteiger charge is 2.33. The molecule has 0 atom stereocenters. The topological polar surface area (TPSA) is 93.2 Å². The summed E-state index contributed by atoms with van der Waals surface area (Å²) >= 11 is 0. The van der Waals surface area contributed by atoms with Crippen LogP contribution < -0.4 is 15.8 Å². The van der Waals surface area contributed by atoms with Crippen molar-refractivity contribution in [2.24, 2.45) is 7.05 Å². The summed E-state index contributed by atoms with van der Waals surface area (Å²) in [6.07, 6.45) is 11.4. The van der Waals surface area contributed by atoms with Gasteiger partial charge in [-0.05, 0) is 74.3 Å². The van der Waals surface area contributed by atoms with Gasteiger partial charge in [-0.25, -0.2) is 4.98 Å². The van der Waals surface area contributed by atoms with Crippen LogP contribution in [0.4, 0.5) is 17.3 Å². The second kappa shape index (κ2) is 10.2. The summed E-state index contributed by atoms with van der Waals surface area (Å²) in [7, 11) is 1.78. The van der Waals surface area contributed by atoms with Crippen LogP contribution in [0.5, 0.6) is 0 Å². The maximum absolute atomic E-state index is 13.8. The molecule has 1 fully saturated rings. The highest BCUT2D eigenvalue weighted by atomic mass is 16.2. The number of carbonyl (C=O) groups is 1. The van der Waals surface area contributed by atoms with Crippen LogP contribution in [0.2, 0.25) is 0 Å². The van der Waals surface area contributed by atoms with Crippen LogP contribution in [0.15, 0.2) is 41.5 Å². The number of pyridine rings is 2. The molecule has 43 heavy (non-hydrogen) atoms. The smallest absolute Gasteiger partial charge is 0.276 e. The van der Waals surface area contributed by atoms with Gasteiger partial charge < -0.3 is 14.5 Å². The zero-order valence-electron chi connectivity index (χ0n) is 25.0. The molecule has 2 aliphatic carbocycles. The lowest BCUT2D eigenvalue weighted by Crippen LogP contribution is -2.41. The van der Waals surface area contributed by atoms with Gasteiger partial charge in [-0.3, -0.25) is 24.1 Å². The van der Waals surface area contributed by atoms with Crippen molar-refractivity contribution >= 4 is 23.2 Å². The summed E-state index contributed by atoms with van der Waals surface area (Å²) in [4.78, 5) is 36.2. The lowest BCUT2D eigenvalue weighted by atomic mass is 9.98. The Morgan fingerprint density at radius 2 is 1.88 bits per heavy atom. The third-order valence-corrected chi connectivity index (χ3v) is 9.71. The molecule has 0 radical (unpaired) electrons. The molecule has 1 saturated carbocycles. The van der Waals surface area contributed by atoms with E-state index in [9.17, 15) is 9.59 Å².